The third-order valence-corrected chi connectivity index (χ3v) is 1.98. The van der Waals surface area contributed by atoms with Crippen molar-refractivity contribution >= 4 is 17.5 Å². The van der Waals surface area contributed by atoms with Crippen molar-refractivity contribution in [2.75, 3.05) is 11.9 Å². The van der Waals surface area contributed by atoms with Crippen LogP contribution in [0.3, 0.4) is 0 Å². The summed E-state index contributed by atoms with van der Waals surface area (Å²) in [6.45, 7) is 1.59. The van der Waals surface area contributed by atoms with E-state index in [0.717, 1.165) is 0 Å². The molecule has 0 spiro atoms. The van der Waals surface area contributed by atoms with Crippen LogP contribution in [0.15, 0.2) is 18.3 Å². The van der Waals surface area contributed by atoms with Gasteiger partial charge in [0, 0.05) is 18.8 Å². The number of carboxylic acids is 1. The van der Waals surface area contributed by atoms with Crippen LogP contribution in [-0.4, -0.2) is 27.5 Å². The van der Waals surface area contributed by atoms with Crippen LogP contribution in [0.2, 0.25) is 0 Å². The second-order valence-electron chi connectivity index (χ2n) is 3.25. The van der Waals surface area contributed by atoms with E-state index in [1.807, 2.05) is 0 Å². The largest absolute Gasteiger partial charge is 0.481 e. The van der Waals surface area contributed by atoms with Crippen LogP contribution in [0.4, 0.5) is 11.5 Å². The molecule has 1 atom stereocenters. The highest BCUT2D eigenvalue weighted by atomic mass is 16.6. The summed E-state index contributed by atoms with van der Waals surface area (Å²) in [5.74, 6) is -1.52. The predicted octanol–water partition coefficient (Wildman–Crippen LogP) is 1.12. The maximum Gasteiger partial charge on any atom is 0.311 e. The molecule has 16 heavy (non-hydrogen) atoms. The maximum atomic E-state index is 10.6. The normalized spacial score (nSPS) is 11.8. The molecule has 7 nitrogen and oxygen atoms in total. The van der Waals surface area contributed by atoms with E-state index >= 15 is 0 Å². The minimum absolute atomic E-state index is 0.0839. The fourth-order valence-corrected chi connectivity index (χ4v) is 1.02. The standard InChI is InChI=1S/C9H11N3O4/c1-6(9(13)14)5-11-8-7(12(15)16)3-2-4-10-8/h2-4,6H,5H2,1H3,(H,10,11)(H,13,14). The molecule has 0 saturated carbocycles. The highest BCUT2D eigenvalue weighted by Gasteiger charge is 2.16. The average molecular weight is 225 g/mol. The first kappa shape index (κ1) is 11.9. The molecule has 0 aliphatic heterocycles. The highest BCUT2D eigenvalue weighted by Crippen LogP contribution is 2.20. The van der Waals surface area contributed by atoms with Crippen LogP contribution in [0.5, 0.6) is 0 Å². The molecule has 1 aromatic rings. The molecule has 1 aromatic heterocycles. The Kier molecular flexibility index (Phi) is 3.76. The van der Waals surface area contributed by atoms with Gasteiger partial charge in [0.25, 0.3) is 0 Å². The first-order valence-electron chi connectivity index (χ1n) is 4.58. The Bertz CT molecular complexity index is 407. The molecule has 0 amide bonds. The molecule has 0 bridgehead atoms. The highest BCUT2D eigenvalue weighted by molar-refractivity contribution is 5.70. The van der Waals surface area contributed by atoms with Gasteiger partial charge in [0.15, 0.2) is 0 Å². The van der Waals surface area contributed by atoms with Gasteiger partial charge in [-0.3, -0.25) is 14.9 Å². The topological polar surface area (TPSA) is 105 Å². The number of aliphatic carboxylic acids is 1. The summed E-state index contributed by atoms with van der Waals surface area (Å²) in [7, 11) is 0. The SMILES string of the molecule is CC(CNc1ncccc1[N+](=O)[O-])C(=O)O. The molecule has 0 saturated heterocycles. The van der Waals surface area contributed by atoms with Gasteiger partial charge in [-0.2, -0.15) is 0 Å². The summed E-state index contributed by atoms with van der Waals surface area (Å²) in [5.41, 5.74) is -0.167. The first-order valence-corrected chi connectivity index (χ1v) is 4.58. The van der Waals surface area contributed by atoms with Gasteiger partial charge in [-0.25, -0.2) is 4.98 Å². The van der Waals surface area contributed by atoms with Gasteiger partial charge in [0.2, 0.25) is 5.82 Å². The molecule has 1 rings (SSSR count). The number of carbonyl (C=O) groups is 1. The van der Waals surface area contributed by atoms with Gasteiger partial charge < -0.3 is 10.4 Å². The minimum Gasteiger partial charge on any atom is -0.481 e. The Hall–Kier alpha value is -2.18. The van der Waals surface area contributed by atoms with E-state index in [4.69, 9.17) is 5.11 Å². The zero-order chi connectivity index (χ0) is 12.1. The monoisotopic (exact) mass is 225 g/mol. The Morgan fingerprint density at radius 1 is 1.75 bits per heavy atom. The summed E-state index contributed by atoms with van der Waals surface area (Å²) >= 11 is 0. The van der Waals surface area contributed by atoms with E-state index in [9.17, 15) is 14.9 Å². The quantitative estimate of drug-likeness (QED) is 0.574. The van der Waals surface area contributed by atoms with Crippen molar-refractivity contribution in [2.45, 2.75) is 6.92 Å². The van der Waals surface area contributed by atoms with Gasteiger partial charge in [0.1, 0.15) is 0 Å². The van der Waals surface area contributed by atoms with Crippen molar-refractivity contribution in [3.63, 3.8) is 0 Å². The van der Waals surface area contributed by atoms with Crippen LogP contribution in [0.1, 0.15) is 6.92 Å². The number of hydrogen-bond acceptors (Lipinski definition) is 5. The summed E-state index contributed by atoms with van der Waals surface area (Å²) < 4.78 is 0. The van der Waals surface area contributed by atoms with Gasteiger partial charge in [-0.15, -0.1) is 0 Å². The molecular weight excluding hydrogens is 214 g/mol. The molecular formula is C9H11N3O4. The summed E-state index contributed by atoms with van der Waals surface area (Å²) in [4.78, 5) is 24.4. The van der Waals surface area contributed by atoms with E-state index in [-0.39, 0.29) is 18.1 Å². The molecule has 0 aliphatic carbocycles. The molecule has 2 N–H and O–H groups in total. The second kappa shape index (κ2) is 5.06. The Morgan fingerprint density at radius 3 is 3.00 bits per heavy atom. The number of nitrogens with zero attached hydrogens (tertiary/aromatic N) is 2. The van der Waals surface area contributed by atoms with Crippen LogP contribution in [0, 0.1) is 16.0 Å². The summed E-state index contributed by atoms with van der Waals surface area (Å²) in [6.07, 6.45) is 1.40. The summed E-state index contributed by atoms with van der Waals surface area (Å²) in [5, 5.41) is 21.9. The van der Waals surface area contributed by atoms with E-state index in [2.05, 4.69) is 10.3 Å². The molecule has 0 radical (unpaired) electrons. The van der Waals surface area contributed by atoms with Crippen molar-refractivity contribution in [2.24, 2.45) is 5.92 Å². The Morgan fingerprint density at radius 2 is 2.44 bits per heavy atom. The number of hydrogen-bond donors (Lipinski definition) is 2. The number of nitrogens with one attached hydrogen (secondary N) is 1. The first-order chi connectivity index (χ1) is 7.52. The van der Waals surface area contributed by atoms with Gasteiger partial charge in [0.05, 0.1) is 10.8 Å². The van der Waals surface area contributed by atoms with Crippen LogP contribution in [-0.2, 0) is 4.79 Å². The molecule has 0 fully saturated rings. The second-order valence-corrected chi connectivity index (χ2v) is 3.25. The van der Waals surface area contributed by atoms with Crippen LogP contribution < -0.4 is 5.32 Å². The van der Waals surface area contributed by atoms with E-state index in [0.29, 0.717) is 0 Å². The van der Waals surface area contributed by atoms with Crippen molar-refractivity contribution < 1.29 is 14.8 Å². The van der Waals surface area contributed by atoms with E-state index in [1.165, 1.54) is 25.3 Å². The minimum atomic E-state index is -0.967. The average Bonchev–Trinajstić information content (AvgIpc) is 2.25. The lowest BCUT2D eigenvalue weighted by molar-refractivity contribution is -0.384. The van der Waals surface area contributed by atoms with Crippen molar-refractivity contribution in [1.82, 2.24) is 4.98 Å². The molecule has 0 aliphatic rings. The van der Waals surface area contributed by atoms with E-state index < -0.39 is 16.8 Å². The van der Waals surface area contributed by atoms with Crippen LogP contribution in [0.25, 0.3) is 0 Å². The molecule has 7 heteroatoms. The van der Waals surface area contributed by atoms with Gasteiger partial charge in [-0.1, -0.05) is 6.92 Å². The van der Waals surface area contributed by atoms with Gasteiger partial charge >= 0.3 is 11.7 Å². The molecule has 86 valence electrons. The maximum absolute atomic E-state index is 10.6. The zero-order valence-electron chi connectivity index (χ0n) is 8.58. The van der Waals surface area contributed by atoms with Crippen molar-refractivity contribution in [3.05, 3.63) is 28.4 Å². The number of nitro groups is 1. The molecule has 1 heterocycles. The number of carboxylic acid groups (broad SMARTS) is 1. The number of rotatable bonds is 5. The lowest BCUT2D eigenvalue weighted by atomic mass is 10.2. The zero-order valence-corrected chi connectivity index (χ0v) is 8.58. The fourth-order valence-electron chi connectivity index (χ4n) is 1.02. The molecule has 0 aromatic carbocycles. The fraction of sp³-hybridized carbons (Fsp3) is 0.333. The third-order valence-electron chi connectivity index (χ3n) is 1.98. The lowest BCUT2D eigenvalue weighted by Gasteiger charge is -2.08. The Labute approximate surface area is 91.3 Å². The van der Waals surface area contributed by atoms with Gasteiger partial charge in [-0.05, 0) is 6.07 Å². The lowest BCUT2D eigenvalue weighted by Crippen LogP contribution is -2.20. The van der Waals surface area contributed by atoms with Crippen molar-refractivity contribution in [1.29, 1.82) is 0 Å². The number of aromatic nitrogens is 1. The predicted molar refractivity (Wildman–Crippen MR) is 56.2 cm³/mol. The number of pyridine rings is 1. The number of anilines is 1. The third kappa shape index (κ3) is 2.91. The molecule has 1 unspecified atom stereocenters. The van der Waals surface area contributed by atoms with Crippen molar-refractivity contribution in [3.8, 4) is 0 Å². The summed E-state index contributed by atoms with van der Waals surface area (Å²) in [6, 6.07) is 2.75. The Balaban J connectivity index is 2.74. The smallest absolute Gasteiger partial charge is 0.311 e. The van der Waals surface area contributed by atoms with Crippen LogP contribution >= 0.6 is 0 Å². The van der Waals surface area contributed by atoms with E-state index in [1.54, 1.807) is 0 Å².